The van der Waals surface area contributed by atoms with E-state index in [1.165, 1.54) is 36.4 Å². The van der Waals surface area contributed by atoms with Gasteiger partial charge < -0.3 is 10.0 Å². The number of hydrogen-bond donors (Lipinski definition) is 1. The van der Waals surface area contributed by atoms with Crippen LogP contribution in [0.4, 0.5) is 0 Å². The first-order valence-electron chi connectivity index (χ1n) is 7.61. The number of hydrogen-bond acceptors (Lipinski definition) is 2. The fourth-order valence-electron chi connectivity index (χ4n) is 3.17. The molecule has 0 spiro atoms. The maximum Gasteiger partial charge on any atom is 0.104 e. The topological polar surface area (TPSA) is 40.4 Å². The van der Waals surface area contributed by atoms with Gasteiger partial charge in [-0.15, -0.1) is 0 Å². The molecule has 0 atom stereocenters. The number of aromatic nitrogens is 1. The van der Waals surface area contributed by atoms with Gasteiger partial charge in [0.1, 0.15) is 6.54 Å². The Morgan fingerprint density at radius 2 is 2.00 bits per heavy atom. The number of nitrogens with one attached hydrogen (secondary N) is 1. The third-order valence-corrected chi connectivity index (χ3v) is 4.45. The number of fused-ring (bicyclic) bond motifs is 1. The number of quaternary nitrogens is 1. The van der Waals surface area contributed by atoms with Crippen LogP contribution in [0.15, 0.2) is 18.2 Å². The molecule has 0 bridgehead atoms. The molecule has 3 rings (SSSR count). The van der Waals surface area contributed by atoms with Crippen molar-refractivity contribution in [1.82, 2.24) is 4.98 Å². The van der Waals surface area contributed by atoms with Gasteiger partial charge in [0.25, 0.3) is 0 Å². The van der Waals surface area contributed by atoms with E-state index in [0.717, 1.165) is 35.1 Å². The molecule has 1 aliphatic rings. The molecule has 1 N–H and O–H groups in total. The van der Waals surface area contributed by atoms with E-state index in [0.29, 0.717) is 0 Å². The van der Waals surface area contributed by atoms with Crippen molar-refractivity contribution in [2.75, 3.05) is 13.1 Å². The van der Waals surface area contributed by atoms with Crippen LogP contribution in [0.25, 0.3) is 10.9 Å². The minimum absolute atomic E-state index is 0.196. The fraction of sp³-hybridized carbons (Fsp3) is 0.471. The van der Waals surface area contributed by atoms with Crippen LogP contribution in [-0.2, 0) is 13.0 Å². The van der Waals surface area contributed by atoms with Gasteiger partial charge >= 0.3 is 0 Å². The van der Waals surface area contributed by atoms with Crippen molar-refractivity contribution in [3.8, 4) is 5.75 Å². The Morgan fingerprint density at radius 3 is 2.70 bits per heavy atom. The van der Waals surface area contributed by atoms with Crippen LogP contribution < -0.4 is 10.0 Å². The highest BCUT2D eigenvalue weighted by Gasteiger charge is 2.18. The second kappa shape index (κ2) is 5.41. The Labute approximate surface area is 120 Å². The van der Waals surface area contributed by atoms with Crippen LogP contribution in [0, 0.1) is 6.92 Å². The molecule has 3 heteroatoms. The highest BCUT2D eigenvalue weighted by atomic mass is 16.3. The molecule has 1 aliphatic heterocycles. The van der Waals surface area contributed by atoms with Crippen molar-refractivity contribution in [3.63, 3.8) is 0 Å². The van der Waals surface area contributed by atoms with Gasteiger partial charge in [0.05, 0.1) is 18.6 Å². The van der Waals surface area contributed by atoms with Crippen LogP contribution in [0.1, 0.15) is 36.6 Å². The van der Waals surface area contributed by atoms with E-state index >= 15 is 0 Å². The molecule has 106 valence electrons. The molecule has 0 amide bonds. The lowest BCUT2D eigenvalue weighted by Gasteiger charge is -2.21. The highest BCUT2D eigenvalue weighted by molar-refractivity contribution is 5.86. The van der Waals surface area contributed by atoms with Crippen LogP contribution in [0.3, 0.4) is 0 Å². The molecule has 20 heavy (non-hydrogen) atoms. The minimum Gasteiger partial charge on any atom is -0.872 e. The third kappa shape index (κ3) is 2.38. The predicted octanol–water partition coefficient (Wildman–Crippen LogP) is 1.36. The zero-order valence-electron chi connectivity index (χ0n) is 12.3. The maximum absolute atomic E-state index is 12.8. The first-order valence-corrected chi connectivity index (χ1v) is 7.61. The van der Waals surface area contributed by atoms with E-state index in [9.17, 15) is 5.11 Å². The monoisotopic (exact) mass is 270 g/mol. The molecule has 0 aliphatic carbocycles. The van der Waals surface area contributed by atoms with Gasteiger partial charge in [-0.25, -0.2) is 0 Å². The number of nitrogens with zero attached hydrogens (tertiary/aromatic N) is 1. The van der Waals surface area contributed by atoms with Gasteiger partial charge in [0.15, 0.2) is 0 Å². The summed E-state index contributed by atoms with van der Waals surface area (Å²) in [6, 6.07) is 6.07. The van der Waals surface area contributed by atoms with E-state index in [2.05, 4.69) is 18.0 Å². The summed E-state index contributed by atoms with van der Waals surface area (Å²) >= 11 is 0. The summed E-state index contributed by atoms with van der Waals surface area (Å²) in [6.45, 7) is 7.30. The van der Waals surface area contributed by atoms with Gasteiger partial charge in [-0.2, -0.15) is 0 Å². The predicted molar refractivity (Wildman–Crippen MR) is 78.9 cm³/mol. The summed E-state index contributed by atoms with van der Waals surface area (Å²) in [4.78, 5) is 6.17. The molecular weight excluding hydrogens is 248 g/mol. The Morgan fingerprint density at radius 1 is 1.25 bits per heavy atom. The highest BCUT2D eigenvalue weighted by Crippen LogP contribution is 2.27. The zero-order chi connectivity index (χ0) is 14.1. The SMILES string of the molecule is CCc1ccc2nc(C)c(C[NH+]3CCCC3)c([O-])c2c1. The van der Waals surface area contributed by atoms with Crippen LogP contribution >= 0.6 is 0 Å². The summed E-state index contributed by atoms with van der Waals surface area (Å²) < 4.78 is 0. The molecule has 2 heterocycles. The van der Waals surface area contributed by atoms with Gasteiger partial charge in [-0.3, -0.25) is 4.98 Å². The molecule has 1 aromatic carbocycles. The van der Waals surface area contributed by atoms with E-state index < -0.39 is 0 Å². The second-order valence-corrected chi connectivity index (χ2v) is 5.84. The number of pyridine rings is 1. The van der Waals surface area contributed by atoms with Crippen molar-refractivity contribution < 1.29 is 10.0 Å². The number of benzene rings is 1. The second-order valence-electron chi connectivity index (χ2n) is 5.84. The molecule has 3 nitrogen and oxygen atoms in total. The van der Waals surface area contributed by atoms with Crippen LogP contribution in [0.2, 0.25) is 0 Å². The maximum atomic E-state index is 12.8. The van der Waals surface area contributed by atoms with Gasteiger partial charge in [0, 0.05) is 24.1 Å². The largest absolute Gasteiger partial charge is 0.872 e. The Hall–Kier alpha value is -1.61. The lowest BCUT2D eigenvalue weighted by Crippen LogP contribution is -3.08. The molecule has 1 fully saturated rings. The molecule has 0 saturated carbocycles. The minimum atomic E-state index is 0.196. The summed E-state index contributed by atoms with van der Waals surface area (Å²) in [6.07, 6.45) is 3.52. The first-order chi connectivity index (χ1) is 9.69. The smallest absolute Gasteiger partial charge is 0.104 e. The van der Waals surface area contributed by atoms with Crippen molar-refractivity contribution in [2.24, 2.45) is 0 Å². The summed E-state index contributed by atoms with van der Waals surface area (Å²) in [5.41, 5.74) is 3.87. The zero-order valence-corrected chi connectivity index (χ0v) is 12.3. The quantitative estimate of drug-likeness (QED) is 0.915. The van der Waals surface area contributed by atoms with Crippen LogP contribution in [0.5, 0.6) is 5.75 Å². The standard InChI is InChI=1S/C17H22N2O/c1-3-13-6-7-16-14(10-13)17(20)15(12(2)18-16)11-19-8-4-5-9-19/h6-7,10H,3-5,8-9,11H2,1-2H3,(H,18,20). The van der Waals surface area contributed by atoms with E-state index in [1.807, 2.05) is 19.1 Å². The fourth-order valence-corrected chi connectivity index (χ4v) is 3.17. The van der Waals surface area contributed by atoms with Crippen molar-refractivity contribution in [2.45, 2.75) is 39.7 Å². The Balaban J connectivity index is 2.06. The average Bonchev–Trinajstić information content (AvgIpc) is 2.96. The average molecular weight is 270 g/mol. The summed E-state index contributed by atoms with van der Waals surface area (Å²) in [7, 11) is 0. The third-order valence-electron chi connectivity index (χ3n) is 4.45. The number of aryl methyl sites for hydroxylation is 2. The molecule has 1 aromatic heterocycles. The number of likely N-dealkylation sites (tertiary alicyclic amines) is 1. The normalized spacial score (nSPS) is 16.1. The number of rotatable bonds is 3. The molecule has 2 aromatic rings. The lowest BCUT2D eigenvalue weighted by molar-refractivity contribution is -0.901. The summed E-state index contributed by atoms with van der Waals surface area (Å²) in [5, 5.41) is 13.5. The lowest BCUT2D eigenvalue weighted by atomic mass is 10.0. The molecule has 0 unspecified atom stereocenters. The van der Waals surface area contributed by atoms with E-state index in [4.69, 9.17) is 0 Å². The molecule has 1 saturated heterocycles. The Bertz CT molecular complexity index is 630. The van der Waals surface area contributed by atoms with Crippen molar-refractivity contribution in [1.29, 1.82) is 0 Å². The Kier molecular flexibility index (Phi) is 3.62. The first kappa shape index (κ1) is 13.4. The molecular formula is C17H22N2O. The van der Waals surface area contributed by atoms with Gasteiger partial charge in [-0.05, 0) is 30.4 Å². The van der Waals surface area contributed by atoms with E-state index in [1.54, 1.807) is 0 Å². The van der Waals surface area contributed by atoms with E-state index in [-0.39, 0.29) is 5.75 Å². The van der Waals surface area contributed by atoms with Crippen molar-refractivity contribution in [3.05, 3.63) is 35.0 Å². The van der Waals surface area contributed by atoms with Crippen molar-refractivity contribution >= 4 is 10.9 Å². The molecule has 0 radical (unpaired) electrons. The van der Waals surface area contributed by atoms with Gasteiger partial charge in [-0.1, -0.05) is 24.8 Å². The van der Waals surface area contributed by atoms with Gasteiger partial charge in [0.2, 0.25) is 0 Å². The van der Waals surface area contributed by atoms with Crippen LogP contribution in [-0.4, -0.2) is 18.1 Å². The summed E-state index contributed by atoms with van der Waals surface area (Å²) in [5.74, 6) is 0.196.